The van der Waals surface area contributed by atoms with Crippen molar-refractivity contribution in [3.8, 4) is 0 Å². The molecule has 61 heavy (non-hydrogen) atoms. The van der Waals surface area contributed by atoms with Crippen LogP contribution in [-0.2, 0) is 28.6 Å². The molecule has 0 aliphatic carbocycles. The Balaban J connectivity index is 4.26. The van der Waals surface area contributed by atoms with Crippen molar-refractivity contribution < 1.29 is 28.6 Å². The van der Waals surface area contributed by atoms with Crippen molar-refractivity contribution in [3.63, 3.8) is 0 Å². The zero-order valence-corrected chi connectivity index (χ0v) is 41.6. The Hall–Kier alpha value is -1.59. The molecule has 0 N–H and O–H groups in total. The van der Waals surface area contributed by atoms with Crippen LogP contribution in [-0.4, -0.2) is 37.2 Å². The molecule has 0 saturated heterocycles. The summed E-state index contributed by atoms with van der Waals surface area (Å²) < 4.78 is 16.8. The van der Waals surface area contributed by atoms with Crippen molar-refractivity contribution in [2.45, 2.75) is 316 Å². The van der Waals surface area contributed by atoms with Crippen molar-refractivity contribution in [2.75, 3.05) is 13.2 Å². The summed E-state index contributed by atoms with van der Waals surface area (Å²) in [6.07, 6.45) is 52.4. The number of hydrogen-bond donors (Lipinski definition) is 0. The molecule has 0 fully saturated rings. The van der Waals surface area contributed by atoms with Crippen molar-refractivity contribution >= 4 is 17.9 Å². The number of rotatable bonds is 50. The van der Waals surface area contributed by atoms with Crippen LogP contribution in [0.2, 0.25) is 0 Å². The molecule has 1 atom stereocenters. The summed E-state index contributed by atoms with van der Waals surface area (Å²) in [5, 5.41) is 0. The quantitative estimate of drug-likeness (QED) is 0.0344. The molecule has 0 aromatic rings. The average molecular weight is 863 g/mol. The van der Waals surface area contributed by atoms with Gasteiger partial charge in [-0.3, -0.25) is 14.4 Å². The van der Waals surface area contributed by atoms with E-state index in [-0.39, 0.29) is 31.1 Å². The normalized spacial score (nSPS) is 12.0. The van der Waals surface area contributed by atoms with E-state index in [1.54, 1.807) is 0 Å². The highest BCUT2D eigenvalue weighted by atomic mass is 16.6. The first kappa shape index (κ1) is 59.4. The molecule has 0 aliphatic heterocycles. The monoisotopic (exact) mass is 863 g/mol. The van der Waals surface area contributed by atoms with Gasteiger partial charge in [-0.25, -0.2) is 0 Å². The van der Waals surface area contributed by atoms with Gasteiger partial charge in [0.2, 0.25) is 0 Å². The molecule has 0 aromatic heterocycles. The van der Waals surface area contributed by atoms with Crippen LogP contribution in [0.4, 0.5) is 0 Å². The van der Waals surface area contributed by atoms with E-state index in [1.165, 1.54) is 205 Å². The molecule has 0 saturated carbocycles. The van der Waals surface area contributed by atoms with Gasteiger partial charge in [0.15, 0.2) is 6.10 Å². The van der Waals surface area contributed by atoms with E-state index in [4.69, 9.17) is 14.2 Å². The van der Waals surface area contributed by atoms with E-state index in [0.29, 0.717) is 19.3 Å². The van der Waals surface area contributed by atoms with E-state index in [0.717, 1.165) is 63.7 Å². The second kappa shape index (κ2) is 49.4. The molecule has 6 nitrogen and oxygen atoms in total. The molecule has 0 bridgehead atoms. The zero-order chi connectivity index (χ0) is 44.5. The Morgan fingerprint density at radius 3 is 0.803 bits per heavy atom. The van der Waals surface area contributed by atoms with Crippen LogP contribution >= 0.6 is 0 Å². The SMILES string of the molecule is CCCCCCCCCCCCCCCCCCCC(=O)O[C@H](COC(=O)CCCCCCCCCCCCCCCCCC)COC(=O)CCCCCCCCCC(C)C. The van der Waals surface area contributed by atoms with Gasteiger partial charge in [-0.15, -0.1) is 0 Å². The summed E-state index contributed by atoms with van der Waals surface area (Å²) >= 11 is 0. The van der Waals surface area contributed by atoms with Crippen LogP contribution in [0.5, 0.6) is 0 Å². The summed E-state index contributed by atoms with van der Waals surface area (Å²) in [5.41, 5.74) is 0. The van der Waals surface area contributed by atoms with Crippen LogP contribution in [0.15, 0.2) is 0 Å². The molecule has 0 heterocycles. The van der Waals surface area contributed by atoms with Crippen molar-refractivity contribution in [1.29, 1.82) is 0 Å². The smallest absolute Gasteiger partial charge is 0.306 e. The fourth-order valence-electron chi connectivity index (χ4n) is 8.39. The van der Waals surface area contributed by atoms with Gasteiger partial charge in [-0.2, -0.15) is 0 Å². The predicted octanol–water partition coefficient (Wildman–Crippen LogP) is 17.8. The third kappa shape index (κ3) is 49.3. The number of hydrogen-bond acceptors (Lipinski definition) is 6. The molecule has 0 rings (SSSR count). The van der Waals surface area contributed by atoms with Gasteiger partial charge >= 0.3 is 17.9 Å². The predicted molar refractivity (Wildman–Crippen MR) is 261 cm³/mol. The lowest BCUT2D eigenvalue weighted by Gasteiger charge is -2.18. The number of unbranched alkanes of at least 4 members (excludes halogenated alkanes) is 37. The molecule has 0 aliphatic rings. The number of carbonyl (C=O) groups is 3. The molecule has 0 spiro atoms. The molecular weight excluding hydrogens is 757 g/mol. The first-order valence-corrected chi connectivity index (χ1v) is 27.4. The fraction of sp³-hybridized carbons (Fsp3) is 0.945. The second-order valence-electron chi connectivity index (χ2n) is 19.3. The maximum Gasteiger partial charge on any atom is 0.306 e. The molecule has 362 valence electrons. The number of ether oxygens (including phenoxy) is 3. The Labute approximate surface area is 380 Å². The van der Waals surface area contributed by atoms with Crippen LogP contribution in [0, 0.1) is 5.92 Å². The molecule has 0 aromatic carbocycles. The third-order valence-electron chi connectivity index (χ3n) is 12.5. The minimum atomic E-state index is -0.761. The highest BCUT2D eigenvalue weighted by Crippen LogP contribution is 2.17. The van der Waals surface area contributed by atoms with Gasteiger partial charge < -0.3 is 14.2 Å². The maximum absolute atomic E-state index is 12.8. The summed E-state index contributed by atoms with van der Waals surface area (Å²) in [5.74, 6) is -0.0618. The van der Waals surface area contributed by atoms with Crippen molar-refractivity contribution in [1.82, 2.24) is 0 Å². The topological polar surface area (TPSA) is 78.9 Å². The van der Waals surface area contributed by atoms with Crippen molar-refractivity contribution in [3.05, 3.63) is 0 Å². The first-order chi connectivity index (χ1) is 29.9. The van der Waals surface area contributed by atoms with E-state index in [2.05, 4.69) is 27.7 Å². The summed E-state index contributed by atoms with van der Waals surface area (Å²) in [7, 11) is 0. The number of esters is 3. The average Bonchev–Trinajstić information content (AvgIpc) is 3.24. The van der Waals surface area contributed by atoms with Gasteiger partial charge in [-0.1, -0.05) is 272 Å². The van der Waals surface area contributed by atoms with Gasteiger partial charge in [-0.05, 0) is 25.2 Å². The van der Waals surface area contributed by atoms with Gasteiger partial charge in [0, 0.05) is 19.3 Å². The lowest BCUT2D eigenvalue weighted by atomic mass is 10.0. The Morgan fingerprint density at radius 2 is 0.541 bits per heavy atom. The van der Waals surface area contributed by atoms with Crippen LogP contribution in [0.3, 0.4) is 0 Å². The Kier molecular flexibility index (Phi) is 48.1. The van der Waals surface area contributed by atoms with Crippen molar-refractivity contribution in [2.24, 2.45) is 5.92 Å². The zero-order valence-electron chi connectivity index (χ0n) is 41.6. The standard InChI is InChI=1S/C55H106O6/c1-5-7-9-11-13-15-17-19-21-23-25-27-29-31-35-40-44-48-55(58)61-52(50-60-54(57)47-43-39-36-32-33-37-41-45-51(3)4)49-59-53(56)46-42-38-34-30-28-26-24-22-20-18-16-14-12-10-8-6-2/h51-52H,5-50H2,1-4H3/t52-/m1/s1. The Bertz CT molecular complexity index is 918. The highest BCUT2D eigenvalue weighted by Gasteiger charge is 2.19. The summed E-state index contributed by atoms with van der Waals surface area (Å²) in [6.45, 7) is 8.99. The lowest BCUT2D eigenvalue weighted by Crippen LogP contribution is -2.30. The maximum atomic E-state index is 12.8. The second-order valence-corrected chi connectivity index (χ2v) is 19.3. The summed E-state index contributed by atoms with van der Waals surface area (Å²) in [4.78, 5) is 38.0. The van der Waals surface area contributed by atoms with Crippen LogP contribution in [0.1, 0.15) is 310 Å². The molecule has 0 amide bonds. The Morgan fingerprint density at radius 1 is 0.311 bits per heavy atom. The van der Waals surface area contributed by atoms with E-state index >= 15 is 0 Å². The third-order valence-corrected chi connectivity index (χ3v) is 12.5. The summed E-state index contributed by atoms with van der Waals surface area (Å²) in [6, 6.07) is 0. The van der Waals surface area contributed by atoms with E-state index in [9.17, 15) is 14.4 Å². The highest BCUT2D eigenvalue weighted by molar-refractivity contribution is 5.71. The van der Waals surface area contributed by atoms with Gasteiger partial charge in [0.25, 0.3) is 0 Å². The van der Waals surface area contributed by atoms with Crippen LogP contribution in [0.25, 0.3) is 0 Å². The minimum absolute atomic E-state index is 0.0629. The minimum Gasteiger partial charge on any atom is -0.462 e. The fourth-order valence-corrected chi connectivity index (χ4v) is 8.39. The lowest BCUT2D eigenvalue weighted by molar-refractivity contribution is -0.167. The van der Waals surface area contributed by atoms with Gasteiger partial charge in [0.05, 0.1) is 0 Å². The molecule has 6 heteroatoms. The molecule has 0 radical (unpaired) electrons. The number of carbonyl (C=O) groups excluding carboxylic acids is 3. The van der Waals surface area contributed by atoms with Crippen LogP contribution < -0.4 is 0 Å². The van der Waals surface area contributed by atoms with Gasteiger partial charge in [0.1, 0.15) is 13.2 Å². The molecule has 0 unspecified atom stereocenters. The first-order valence-electron chi connectivity index (χ1n) is 27.4. The molecular formula is C55H106O6. The van der Waals surface area contributed by atoms with E-state index < -0.39 is 6.10 Å². The van der Waals surface area contributed by atoms with E-state index in [1.807, 2.05) is 0 Å². The largest absolute Gasteiger partial charge is 0.462 e.